The molecule has 0 aliphatic heterocycles. The lowest BCUT2D eigenvalue weighted by Crippen LogP contribution is -2.32. The summed E-state index contributed by atoms with van der Waals surface area (Å²) in [5, 5.41) is 9.55. The molecule has 0 heterocycles. The van der Waals surface area contributed by atoms with Crippen molar-refractivity contribution >= 4 is 15.9 Å². The minimum atomic E-state index is -3.68. The van der Waals surface area contributed by atoms with Crippen molar-refractivity contribution in [1.82, 2.24) is 4.72 Å². The van der Waals surface area contributed by atoms with Gasteiger partial charge < -0.3 is 9.84 Å². The van der Waals surface area contributed by atoms with E-state index in [-0.39, 0.29) is 24.6 Å². The topological polar surface area (TPSA) is 87.7 Å². The maximum absolute atomic E-state index is 11.5. The van der Waals surface area contributed by atoms with E-state index in [1.165, 1.54) is 19.2 Å². The van der Waals surface area contributed by atoms with Crippen molar-refractivity contribution in [1.29, 1.82) is 0 Å². The van der Waals surface area contributed by atoms with Crippen molar-refractivity contribution in [2.75, 3.05) is 25.0 Å². The zero-order valence-corrected chi connectivity index (χ0v) is 10.5. The molecule has 1 aromatic carbocycles. The fourth-order valence-electron chi connectivity index (χ4n) is 1.19. The van der Waals surface area contributed by atoms with Crippen molar-refractivity contribution in [2.24, 2.45) is 0 Å². The molecule has 1 rings (SSSR count). The van der Waals surface area contributed by atoms with Crippen molar-refractivity contribution in [3.8, 4) is 5.75 Å². The number of rotatable bonds is 6. The summed E-state index contributed by atoms with van der Waals surface area (Å²) in [5.74, 6) is -0.109. The molecule has 0 spiro atoms. The average Bonchev–Trinajstić information content (AvgIpc) is 2.22. The van der Waals surface area contributed by atoms with Gasteiger partial charge in [0.25, 0.3) is 10.2 Å². The zero-order valence-electron chi connectivity index (χ0n) is 9.73. The highest BCUT2D eigenvalue weighted by Crippen LogP contribution is 2.24. The first-order valence-corrected chi connectivity index (χ1v) is 6.49. The smallest absolute Gasteiger partial charge is 0.299 e. The van der Waals surface area contributed by atoms with Crippen molar-refractivity contribution in [3.63, 3.8) is 0 Å². The van der Waals surface area contributed by atoms with Crippen LogP contribution in [0.2, 0.25) is 0 Å². The summed E-state index contributed by atoms with van der Waals surface area (Å²) >= 11 is 0. The van der Waals surface area contributed by atoms with E-state index in [9.17, 15) is 13.5 Å². The molecule has 0 saturated carbocycles. The second-order valence-electron chi connectivity index (χ2n) is 3.51. The molecule has 0 aromatic heterocycles. The monoisotopic (exact) mass is 260 g/mol. The van der Waals surface area contributed by atoms with Crippen LogP contribution in [-0.4, -0.2) is 33.8 Å². The second-order valence-corrected chi connectivity index (χ2v) is 5.01. The Bertz CT molecular complexity index is 473. The molecule has 96 valence electrons. The zero-order chi connectivity index (χ0) is 12.9. The molecule has 0 radical (unpaired) electrons. The molecule has 0 aliphatic carbocycles. The number of methoxy groups -OCH3 is 1. The highest BCUT2D eigenvalue weighted by atomic mass is 32.2. The first kappa shape index (κ1) is 13.8. The predicted octanol–water partition coefficient (Wildman–Crippen LogP) is 0.593. The van der Waals surface area contributed by atoms with Crippen LogP contribution in [0.1, 0.15) is 5.56 Å². The van der Waals surface area contributed by atoms with E-state index >= 15 is 0 Å². The Morgan fingerprint density at radius 2 is 2.12 bits per heavy atom. The Balaban J connectivity index is 2.69. The molecule has 0 aliphatic rings. The molecule has 0 bridgehead atoms. The molecule has 17 heavy (non-hydrogen) atoms. The van der Waals surface area contributed by atoms with Crippen LogP contribution >= 0.6 is 0 Å². The minimum absolute atomic E-state index is 0.109. The number of aryl methyl sites for hydroxylation is 1. The number of hydrogen-bond acceptors (Lipinski definition) is 4. The Kier molecular flexibility index (Phi) is 4.73. The molecular weight excluding hydrogens is 244 g/mol. The molecule has 1 aromatic rings. The molecule has 0 fully saturated rings. The van der Waals surface area contributed by atoms with Crippen LogP contribution in [0, 0.1) is 6.92 Å². The molecule has 0 amide bonds. The van der Waals surface area contributed by atoms with Crippen LogP contribution in [0.5, 0.6) is 5.75 Å². The highest BCUT2D eigenvalue weighted by molar-refractivity contribution is 7.90. The van der Waals surface area contributed by atoms with Crippen molar-refractivity contribution < 1.29 is 18.3 Å². The van der Waals surface area contributed by atoms with Gasteiger partial charge in [0.1, 0.15) is 5.75 Å². The van der Waals surface area contributed by atoms with Crippen LogP contribution in [-0.2, 0) is 14.9 Å². The molecule has 6 nitrogen and oxygen atoms in total. The largest absolute Gasteiger partial charge is 0.506 e. The normalized spacial score (nSPS) is 11.4. The molecule has 0 unspecified atom stereocenters. The maximum atomic E-state index is 11.5. The first-order chi connectivity index (χ1) is 7.94. The standard InChI is InChI=1S/C10H16N2O4S/c1-8-3-4-9(10(13)7-8)12-17(14,15)11-5-6-16-2/h3-4,7,11-13H,5-6H2,1-2H3. The number of hydrogen-bond donors (Lipinski definition) is 3. The number of benzene rings is 1. The lowest BCUT2D eigenvalue weighted by molar-refractivity contribution is 0.204. The van der Waals surface area contributed by atoms with E-state index in [0.29, 0.717) is 0 Å². The van der Waals surface area contributed by atoms with Gasteiger partial charge in [-0.25, -0.2) is 0 Å². The number of aromatic hydroxyl groups is 1. The number of ether oxygens (including phenoxy) is 1. The summed E-state index contributed by atoms with van der Waals surface area (Å²) in [6, 6.07) is 4.68. The van der Waals surface area contributed by atoms with Gasteiger partial charge in [-0.15, -0.1) is 0 Å². The van der Waals surface area contributed by atoms with Crippen LogP contribution < -0.4 is 9.44 Å². The average molecular weight is 260 g/mol. The molecular formula is C10H16N2O4S. The van der Waals surface area contributed by atoms with Crippen molar-refractivity contribution in [3.05, 3.63) is 23.8 Å². The predicted molar refractivity (Wildman–Crippen MR) is 65.3 cm³/mol. The highest BCUT2D eigenvalue weighted by Gasteiger charge is 2.11. The van der Waals surface area contributed by atoms with Gasteiger partial charge in [0, 0.05) is 13.7 Å². The van der Waals surface area contributed by atoms with Gasteiger partial charge in [-0.2, -0.15) is 13.1 Å². The third-order valence-corrected chi connectivity index (χ3v) is 3.07. The molecule has 0 saturated heterocycles. The van der Waals surface area contributed by atoms with Gasteiger partial charge in [-0.3, -0.25) is 4.72 Å². The van der Waals surface area contributed by atoms with Gasteiger partial charge in [-0.05, 0) is 24.6 Å². The van der Waals surface area contributed by atoms with Crippen LogP contribution in [0.25, 0.3) is 0 Å². The van der Waals surface area contributed by atoms with E-state index in [2.05, 4.69) is 9.44 Å². The maximum Gasteiger partial charge on any atom is 0.299 e. The summed E-state index contributed by atoms with van der Waals surface area (Å²) in [5.41, 5.74) is 0.985. The summed E-state index contributed by atoms with van der Waals surface area (Å²) in [4.78, 5) is 0. The summed E-state index contributed by atoms with van der Waals surface area (Å²) in [7, 11) is -2.20. The van der Waals surface area contributed by atoms with E-state index in [0.717, 1.165) is 5.56 Å². The number of phenols is 1. The van der Waals surface area contributed by atoms with Crippen molar-refractivity contribution in [2.45, 2.75) is 6.92 Å². The van der Waals surface area contributed by atoms with E-state index in [4.69, 9.17) is 4.74 Å². The fourth-order valence-corrected chi connectivity index (χ4v) is 2.07. The van der Waals surface area contributed by atoms with Gasteiger partial charge in [0.15, 0.2) is 0 Å². The summed E-state index contributed by atoms with van der Waals surface area (Å²) in [6.07, 6.45) is 0. The van der Waals surface area contributed by atoms with E-state index in [1.807, 2.05) is 0 Å². The lowest BCUT2D eigenvalue weighted by Gasteiger charge is -2.10. The van der Waals surface area contributed by atoms with Crippen LogP contribution in [0.15, 0.2) is 18.2 Å². The second kappa shape index (κ2) is 5.85. The first-order valence-electron chi connectivity index (χ1n) is 5.00. The Morgan fingerprint density at radius 1 is 1.41 bits per heavy atom. The number of phenolic OH excluding ortho intramolecular Hbond substituents is 1. The third-order valence-electron chi connectivity index (χ3n) is 2.00. The van der Waals surface area contributed by atoms with Gasteiger partial charge in [0.2, 0.25) is 0 Å². The molecule has 3 N–H and O–H groups in total. The Labute approximate surface area is 101 Å². The Hall–Kier alpha value is -1.31. The SMILES string of the molecule is COCCNS(=O)(=O)Nc1ccc(C)cc1O. The minimum Gasteiger partial charge on any atom is -0.506 e. The fraction of sp³-hybridized carbons (Fsp3) is 0.400. The van der Waals surface area contributed by atoms with Crippen LogP contribution in [0.3, 0.4) is 0 Å². The van der Waals surface area contributed by atoms with Gasteiger partial charge in [-0.1, -0.05) is 6.07 Å². The van der Waals surface area contributed by atoms with E-state index in [1.54, 1.807) is 13.0 Å². The lowest BCUT2D eigenvalue weighted by atomic mass is 10.2. The summed E-state index contributed by atoms with van der Waals surface area (Å²) < 4.78 is 32.3. The number of anilines is 1. The quantitative estimate of drug-likeness (QED) is 0.516. The Morgan fingerprint density at radius 3 is 2.71 bits per heavy atom. The number of nitrogens with one attached hydrogen (secondary N) is 2. The third kappa shape index (κ3) is 4.59. The van der Waals surface area contributed by atoms with Crippen LogP contribution in [0.4, 0.5) is 5.69 Å². The molecule has 7 heteroatoms. The van der Waals surface area contributed by atoms with E-state index < -0.39 is 10.2 Å². The van der Waals surface area contributed by atoms with Gasteiger partial charge in [0.05, 0.1) is 12.3 Å². The summed E-state index contributed by atoms with van der Waals surface area (Å²) in [6.45, 7) is 2.24. The van der Waals surface area contributed by atoms with Gasteiger partial charge >= 0.3 is 0 Å². The molecule has 0 atom stereocenters.